The molecule has 4 aromatic rings. The minimum atomic E-state index is -0.511. The molecule has 12 heteroatoms. The molecule has 0 radical (unpaired) electrons. The van der Waals surface area contributed by atoms with Gasteiger partial charge in [0.05, 0.1) is 17.3 Å². The average molecular weight is 643 g/mol. The number of aromatic nitrogens is 4. The number of hydrogen-bond donors (Lipinski definition) is 3. The van der Waals surface area contributed by atoms with Gasteiger partial charge < -0.3 is 25.3 Å². The number of H-pyrrole nitrogens is 1. The molecule has 1 fully saturated rings. The Balaban J connectivity index is 1.28. The number of anilines is 1. The van der Waals surface area contributed by atoms with E-state index in [0.29, 0.717) is 17.7 Å². The maximum atomic E-state index is 13.6. The van der Waals surface area contributed by atoms with Gasteiger partial charge in [0.2, 0.25) is 0 Å². The summed E-state index contributed by atoms with van der Waals surface area (Å²) >= 11 is 0. The number of alkyl carbamates (subject to hydrolysis) is 1. The highest BCUT2D eigenvalue weighted by molar-refractivity contribution is 6.08. The van der Waals surface area contributed by atoms with Gasteiger partial charge in [-0.25, -0.2) is 9.78 Å². The smallest absolute Gasteiger partial charge is 0.407 e. The highest BCUT2D eigenvalue weighted by Crippen LogP contribution is 2.30. The number of ether oxygens (including phenoxy) is 1. The summed E-state index contributed by atoms with van der Waals surface area (Å²) in [5.74, 6) is 0.619. The van der Waals surface area contributed by atoms with Crippen LogP contribution in [-0.4, -0.2) is 81.5 Å². The normalized spacial score (nSPS) is 14.1. The first kappa shape index (κ1) is 33.6. The second-order valence-electron chi connectivity index (χ2n) is 13.4. The number of rotatable bonds is 9. The summed E-state index contributed by atoms with van der Waals surface area (Å²) in [5, 5.41) is 11.1. The van der Waals surface area contributed by atoms with E-state index < -0.39 is 11.7 Å². The molecule has 5 rings (SSSR count). The molecule has 2 amide bonds. The number of amides is 2. The van der Waals surface area contributed by atoms with Crippen molar-refractivity contribution in [2.45, 2.75) is 66.7 Å². The fourth-order valence-electron chi connectivity index (χ4n) is 5.85. The van der Waals surface area contributed by atoms with Gasteiger partial charge in [0, 0.05) is 80.3 Å². The molecule has 4 heterocycles. The molecule has 0 saturated carbocycles. The summed E-state index contributed by atoms with van der Waals surface area (Å²) < 4.78 is 7.22. The highest BCUT2D eigenvalue weighted by atomic mass is 16.6. The van der Waals surface area contributed by atoms with Gasteiger partial charge in [-0.2, -0.15) is 5.10 Å². The molecule has 47 heavy (non-hydrogen) atoms. The predicted octanol–water partition coefficient (Wildman–Crippen LogP) is 4.56. The maximum Gasteiger partial charge on any atom is 0.407 e. The number of carbonyl (C=O) groups excluding carboxylic acids is 2. The number of aromatic amines is 1. The van der Waals surface area contributed by atoms with Crippen LogP contribution < -0.4 is 21.1 Å². The van der Waals surface area contributed by atoms with E-state index in [1.54, 1.807) is 6.20 Å². The Kier molecular flexibility index (Phi) is 9.99. The third-order valence-electron chi connectivity index (χ3n) is 8.24. The molecule has 1 aliphatic heterocycles. The van der Waals surface area contributed by atoms with Crippen LogP contribution in [0.25, 0.3) is 22.0 Å². The quantitative estimate of drug-likeness (QED) is 0.242. The minimum absolute atomic E-state index is 0.0969. The molecule has 1 saturated heterocycles. The van der Waals surface area contributed by atoms with Gasteiger partial charge in [0.15, 0.2) is 0 Å². The van der Waals surface area contributed by atoms with Crippen molar-refractivity contribution in [2.75, 3.05) is 44.2 Å². The van der Waals surface area contributed by atoms with Crippen LogP contribution >= 0.6 is 0 Å². The van der Waals surface area contributed by atoms with Crippen LogP contribution in [0.1, 0.15) is 67.8 Å². The number of nitrogens with one attached hydrogen (secondary N) is 3. The number of fused-ring (bicyclic) bond motifs is 1. The van der Waals surface area contributed by atoms with E-state index in [9.17, 15) is 14.4 Å². The van der Waals surface area contributed by atoms with Crippen LogP contribution in [0, 0.1) is 13.8 Å². The Bertz CT molecular complexity index is 1800. The lowest BCUT2D eigenvalue weighted by Gasteiger charge is -2.35. The summed E-state index contributed by atoms with van der Waals surface area (Å²) in [7, 11) is 0. The van der Waals surface area contributed by atoms with Gasteiger partial charge >= 0.3 is 6.09 Å². The summed E-state index contributed by atoms with van der Waals surface area (Å²) in [4.78, 5) is 50.3. The molecule has 0 aliphatic carbocycles. The van der Waals surface area contributed by atoms with Crippen molar-refractivity contribution in [3.05, 3.63) is 75.5 Å². The van der Waals surface area contributed by atoms with Crippen molar-refractivity contribution in [3.8, 4) is 11.1 Å². The Labute approximate surface area is 275 Å². The van der Waals surface area contributed by atoms with E-state index >= 15 is 0 Å². The van der Waals surface area contributed by atoms with E-state index in [2.05, 4.69) is 50.4 Å². The van der Waals surface area contributed by atoms with Crippen molar-refractivity contribution in [1.82, 2.24) is 35.3 Å². The maximum absolute atomic E-state index is 13.6. The van der Waals surface area contributed by atoms with Crippen LogP contribution in [0.15, 0.2) is 47.5 Å². The third kappa shape index (κ3) is 8.18. The first-order valence-electron chi connectivity index (χ1n) is 16.2. The average Bonchev–Trinajstić information content (AvgIpc) is 3.44. The summed E-state index contributed by atoms with van der Waals surface area (Å²) in [5.41, 5.74) is 4.53. The second kappa shape index (κ2) is 14.0. The summed E-state index contributed by atoms with van der Waals surface area (Å²) in [6.45, 7) is 18.2. The lowest BCUT2D eigenvalue weighted by Crippen LogP contribution is -2.49. The molecule has 0 bridgehead atoms. The number of piperazine rings is 1. The van der Waals surface area contributed by atoms with Crippen molar-refractivity contribution < 1.29 is 14.3 Å². The van der Waals surface area contributed by atoms with Crippen LogP contribution in [0.2, 0.25) is 0 Å². The zero-order chi connectivity index (χ0) is 33.9. The summed E-state index contributed by atoms with van der Waals surface area (Å²) in [6.07, 6.45) is 3.18. The number of hydrogen-bond acceptors (Lipinski definition) is 8. The first-order valence-corrected chi connectivity index (χ1v) is 16.2. The molecule has 0 atom stereocenters. The zero-order valence-electron chi connectivity index (χ0n) is 28.4. The molecular weight excluding hydrogens is 596 g/mol. The minimum Gasteiger partial charge on any atom is -0.444 e. The number of carbonyl (C=O) groups is 2. The number of aryl methyl sites for hydroxylation is 2. The monoisotopic (exact) mass is 642 g/mol. The Morgan fingerprint density at radius 2 is 1.74 bits per heavy atom. The number of nitrogens with zero attached hydrogens (tertiary/aromatic N) is 5. The largest absolute Gasteiger partial charge is 0.444 e. The fraction of sp³-hybridized carbons (Fsp3) is 0.457. The van der Waals surface area contributed by atoms with E-state index in [1.807, 2.05) is 69.8 Å². The molecule has 1 aliphatic rings. The van der Waals surface area contributed by atoms with Crippen molar-refractivity contribution in [1.29, 1.82) is 0 Å². The summed E-state index contributed by atoms with van der Waals surface area (Å²) in [6, 6.07) is 9.97. The third-order valence-corrected chi connectivity index (χ3v) is 8.24. The second-order valence-corrected chi connectivity index (χ2v) is 13.4. The van der Waals surface area contributed by atoms with Crippen molar-refractivity contribution in [2.24, 2.45) is 0 Å². The molecule has 0 unspecified atom stereocenters. The van der Waals surface area contributed by atoms with Crippen LogP contribution in [0.4, 0.5) is 10.6 Å². The van der Waals surface area contributed by atoms with Gasteiger partial charge in [0.1, 0.15) is 11.4 Å². The molecule has 1 aromatic carbocycles. The molecule has 3 N–H and O–H groups in total. The van der Waals surface area contributed by atoms with Crippen LogP contribution in [-0.2, 0) is 11.3 Å². The van der Waals surface area contributed by atoms with E-state index in [0.717, 1.165) is 71.8 Å². The van der Waals surface area contributed by atoms with E-state index in [4.69, 9.17) is 9.72 Å². The lowest BCUT2D eigenvalue weighted by molar-refractivity contribution is 0.0521. The van der Waals surface area contributed by atoms with Gasteiger partial charge in [-0.15, -0.1) is 0 Å². The molecule has 0 spiro atoms. The topological polar surface area (TPSA) is 137 Å². The Morgan fingerprint density at radius 3 is 2.38 bits per heavy atom. The van der Waals surface area contributed by atoms with Gasteiger partial charge in [-0.1, -0.05) is 0 Å². The number of pyridine rings is 2. The molecule has 3 aromatic heterocycles. The first-order chi connectivity index (χ1) is 22.3. The van der Waals surface area contributed by atoms with Crippen molar-refractivity contribution in [3.63, 3.8) is 0 Å². The SMILES string of the molecule is Cc1cc(C)c(CNC(=O)c2cc(-c3ccc(N4CCN(CCNC(=O)OC(C)(C)C)CC4)nc3)cc3c2cnn3C(C)C)c(=O)[nH]1. The van der Waals surface area contributed by atoms with Crippen LogP contribution in [0.5, 0.6) is 0 Å². The van der Waals surface area contributed by atoms with Gasteiger partial charge in [-0.3, -0.25) is 19.2 Å². The number of benzene rings is 1. The van der Waals surface area contributed by atoms with Gasteiger partial charge in [0.25, 0.3) is 11.5 Å². The van der Waals surface area contributed by atoms with Gasteiger partial charge in [-0.05, 0) is 89.9 Å². The predicted molar refractivity (Wildman–Crippen MR) is 184 cm³/mol. The van der Waals surface area contributed by atoms with Crippen molar-refractivity contribution >= 4 is 28.7 Å². The Hall–Kier alpha value is -4.71. The molecular formula is C35H46N8O4. The lowest BCUT2D eigenvalue weighted by atomic mass is 10.0. The zero-order valence-corrected chi connectivity index (χ0v) is 28.4. The molecule has 12 nitrogen and oxygen atoms in total. The van der Waals surface area contributed by atoms with E-state index in [-0.39, 0.29) is 24.1 Å². The Morgan fingerprint density at radius 1 is 1.00 bits per heavy atom. The molecule has 250 valence electrons. The fourth-order valence-corrected chi connectivity index (χ4v) is 5.85. The highest BCUT2D eigenvalue weighted by Gasteiger charge is 2.21. The standard InChI is InChI=1S/C35H46N8O4/c1-22(2)43-30-18-26(17-27(29(30)21-39-43)32(44)38-20-28-23(3)16-24(4)40-33(28)45)25-8-9-31(37-19-25)42-14-12-41(13-15-42)11-10-36-34(46)47-35(5,6)7/h8-9,16-19,21-22H,10-15,20H2,1-7H3,(H,36,46)(H,38,44)(H,40,45). The van der Waals surface area contributed by atoms with E-state index in [1.165, 1.54) is 0 Å². The van der Waals surface area contributed by atoms with Crippen LogP contribution in [0.3, 0.4) is 0 Å².